The van der Waals surface area contributed by atoms with Gasteiger partial charge in [0.1, 0.15) is 11.9 Å². The number of fused-ring (bicyclic) bond motifs is 1. The number of halogens is 1. The Labute approximate surface area is 135 Å². The van der Waals surface area contributed by atoms with Gasteiger partial charge in [-0.1, -0.05) is 0 Å². The van der Waals surface area contributed by atoms with Crippen molar-refractivity contribution >= 4 is 16.8 Å². The predicted molar refractivity (Wildman–Crippen MR) is 86.9 cm³/mol. The fraction of sp³-hybridized carbons (Fsp3) is 0.471. The summed E-state index contributed by atoms with van der Waals surface area (Å²) in [7, 11) is 0. The third-order valence-electron chi connectivity index (χ3n) is 3.59. The minimum atomic E-state index is -0.507. The normalized spacial score (nSPS) is 12.5. The predicted octanol–water partition coefficient (Wildman–Crippen LogP) is 2.41. The fourth-order valence-corrected chi connectivity index (χ4v) is 2.33. The molecule has 0 aliphatic carbocycles. The summed E-state index contributed by atoms with van der Waals surface area (Å²) in [6.07, 6.45) is 2.01. The summed E-state index contributed by atoms with van der Waals surface area (Å²) in [5.74, 6) is -0.412. The van der Waals surface area contributed by atoms with Crippen molar-refractivity contribution in [3.8, 4) is 0 Å². The van der Waals surface area contributed by atoms with Crippen molar-refractivity contribution in [2.45, 2.75) is 26.4 Å². The number of nitrogens with one attached hydrogen (secondary N) is 2. The average molecular weight is 322 g/mol. The first-order chi connectivity index (χ1) is 11.1. The molecule has 0 radical (unpaired) electrons. The zero-order chi connectivity index (χ0) is 16.7. The van der Waals surface area contributed by atoms with Gasteiger partial charge in [-0.2, -0.15) is 0 Å². The lowest BCUT2D eigenvalue weighted by molar-refractivity contribution is -0.132. The summed E-state index contributed by atoms with van der Waals surface area (Å²) in [5, 5.41) is 3.82. The number of carbonyl (C=O) groups is 1. The molecule has 0 saturated heterocycles. The van der Waals surface area contributed by atoms with Gasteiger partial charge in [-0.25, -0.2) is 4.39 Å². The summed E-state index contributed by atoms with van der Waals surface area (Å²) in [5.41, 5.74) is 1.81. The van der Waals surface area contributed by atoms with Crippen LogP contribution in [0.3, 0.4) is 0 Å². The Morgan fingerprint density at radius 1 is 1.39 bits per heavy atom. The first-order valence-corrected chi connectivity index (χ1v) is 7.84. The van der Waals surface area contributed by atoms with E-state index in [1.165, 1.54) is 12.1 Å². The van der Waals surface area contributed by atoms with Gasteiger partial charge in [0.05, 0.1) is 13.2 Å². The average Bonchev–Trinajstić information content (AvgIpc) is 2.93. The van der Waals surface area contributed by atoms with Gasteiger partial charge < -0.3 is 19.8 Å². The van der Waals surface area contributed by atoms with Crippen molar-refractivity contribution in [3.05, 3.63) is 35.8 Å². The third kappa shape index (κ3) is 5.04. The summed E-state index contributed by atoms with van der Waals surface area (Å²) in [6, 6.07) is 4.65. The highest BCUT2D eigenvalue weighted by atomic mass is 19.1. The summed E-state index contributed by atoms with van der Waals surface area (Å²) in [6.45, 7) is 5.65. The minimum absolute atomic E-state index is 0.146. The zero-order valence-electron chi connectivity index (χ0n) is 13.5. The molecule has 1 unspecified atom stereocenters. The van der Waals surface area contributed by atoms with E-state index in [4.69, 9.17) is 9.47 Å². The Morgan fingerprint density at radius 3 is 3.00 bits per heavy atom. The number of hydrogen-bond acceptors (Lipinski definition) is 3. The number of benzene rings is 1. The molecule has 2 aromatic rings. The molecule has 0 spiro atoms. The second-order valence-electron chi connectivity index (χ2n) is 5.25. The molecular formula is C17H23FN2O3. The number of carbonyl (C=O) groups excluding carboxylic acids is 1. The SMILES string of the molecule is CCOCCOC(C)C(=O)NCCc1c[nH]c2cc(F)ccc12. The van der Waals surface area contributed by atoms with E-state index in [-0.39, 0.29) is 11.7 Å². The van der Waals surface area contributed by atoms with Gasteiger partial charge in [-0.05, 0) is 44.0 Å². The first-order valence-electron chi connectivity index (χ1n) is 7.84. The Balaban J connectivity index is 1.76. The monoisotopic (exact) mass is 322 g/mol. The molecule has 2 N–H and O–H groups in total. The molecule has 1 aromatic carbocycles. The van der Waals surface area contributed by atoms with E-state index in [0.717, 1.165) is 16.5 Å². The quantitative estimate of drug-likeness (QED) is 0.697. The van der Waals surface area contributed by atoms with Gasteiger partial charge in [0, 0.05) is 30.3 Å². The van der Waals surface area contributed by atoms with Crippen LogP contribution in [-0.4, -0.2) is 43.4 Å². The topological polar surface area (TPSA) is 63.4 Å². The van der Waals surface area contributed by atoms with E-state index in [1.54, 1.807) is 13.0 Å². The molecule has 1 heterocycles. The van der Waals surface area contributed by atoms with E-state index in [1.807, 2.05) is 13.1 Å². The fourth-order valence-electron chi connectivity index (χ4n) is 2.33. The van der Waals surface area contributed by atoms with Crippen LogP contribution < -0.4 is 5.32 Å². The van der Waals surface area contributed by atoms with Gasteiger partial charge in [0.2, 0.25) is 5.91 Å². The third-order valence-corrected chi connectivity index (χ3v) is 3.59. The summed E-state index contributed by atoms with van der Waals surface area (Å²) < 4.78 is 23.7. The molecule has 0 aliphatic rings. The van der Waals surface area contributed by atoms with Crippen molar-refractivity contribution in [2.75, 3.05) is 26.4 Å². The highest BCUT2D eigenvalue weighted by Gasteiger charge is 2.13. The molecule has 1 atom stereocenters. The number of hydrogen-bond donors (Lipinski definition) is 2. The molecule has 126 valence electrons. The van der Waals surface area contributed by atoms with Crippen molar-refractivity contribution in [2.24, 2.45) is 0 Å². The van der Waals surface area contributed by atoms with E-state index in [9.17, 15) is 9.18 Å². The van der Waals surface area contributed by atoms with Gasteiger partial charge >= 0.3 is 0 Å². The van der Waals surface area contributed by atoms with Crippen LogP contribution in [0.5, 0.6) is 0 Å². The van der Waals surface area contributed by atoms with E-state index < -0.39 is 6.10 Å². The number of ether oxygens (including phenoxy) is 2. The smallest absolute Gasteiger partial charge is 0.248 e. The summed E-state index contributed by atoms with van der Waals surface area (Å²) in [4.78, 5) is 14.9. The lowest BCUT2D eigenvalue weighted by Gasteiger charge is -2.13. The first kappa shape index (κ1) is 17.4. The maximum Gasteiger partial charge on any atom is 0.248 e. The van der Waals surface area contributed by atoms with Gasteiger partial charge in [-0.15, -0.1) is 0 Å². The Bertz CT molecular complexity index is 642. The van der Waals surface area contributed by atoms with Crippen LogP contribution >= 0.6 is 0 Å². The number of aromatic amines is 1. The van der Waals surface area contributed by atoms with Crippen molar-refractivity contribution < 1.29 is 18.7 Å². The molecule has 2 rings (SSSR count). The number of H-pyrrole nitrogens is 1. The molecule has 0 bridgehead atoms. The lowest BCUT2D eigenvalue weighted by Crippen LogP contribution is -2.36. The molecule has 0 aliphatic heterocycles. The van der Waals surface area contributed by atoms with Crippen LogP contribution in [0.2, 0.25) is 0 Å². The standard InChI is InChI=1S/C17H23FN2O3/c1-3-22-8-9-23-12(2)17(21)19-7-6-13-11-20-16-10-14(18)4-5-15(13)16/h4-5,10-12,20H,3,6-9H2,1-2H3,(H,19,21). The van der Waals surface area contributed by atoms with Crippen molar-refractivity contribution in [1.29, 1.82) is 0 Å². The largest absolute Gasteiger partial charge is 0.379 e. The van der Waals surface area contributed by atoms with Crippen LogP contribution in [0, 0.1) is 5.82 Å². The number of amides is 1. The van der Waals surface area contributed by atoms with Crippen LogP contribution in [0.1, 0.15) is 19.4 Å². The molecule has 0 saturated carbocycles. The van der Waals surface area contributed by atoms with Crippen molar-refractivity contribution in [1.82, 2.24) is 10.3 Å². The lowest BCUT2D eigenvalue weighted by atomic mass is 10.1. The second-order valence-corrected chi connectivity index (χ2v) is 5.25. The van der Waals surface area contributed by atoms with E-state index >= 15 is 0 Å². The second kappa shape index (κ2) is 8.64. The van der Waals surface area contributed by atoms with E-state index in [0.29, 0.717) is 32.8 Å². The van der Waals surface area contributed by atoms with E-state index in [2.05, 4.69) is 10.3 Å². The highest BCUT2D eigenvalue weighted by molar-refractivity contribution is 5.83. The molecule has 5 nitrogen and oxygen atoms in total. The molecule has 1 aromatic heterocycles. The Kier molecular flexibility index (Phi) is 6.55. The molecular weight excluding hydrogens is 299 g/mol. The number of aromatic nitrogens is 1. The van der Waals surface area contributed by atoms with Gasteiger partial charge in [0.25, 0.3) is 0 Å². The minimum Gasteiger partial charge on any atom is -0.379 e. The van der Waals surface area contributed by atoms with Crippen molar-refractivity contribution in [3.63, 3.8) is 0 Å². The maximum absolute atomic E-state index is 13.1. The van der Waals surface area contributed by atoms with Crippen LogP contribution in [-0.2, 0) is 20.7 Å². The maximum atomic E-state index is 13.1. The number of rotatable bonds is 9. The molecule has 6 heteroatoms. The highest BCUT2D eigenvalue weighted by Crippen LogP contribution is 2.19. The molecule has 23 heavy (non-hydrogen) atoms. The van der Waals surface area contributed by atoms with Crippen LogP contribution in [0.15, 0.2) is 24.4 Å². The summed E-state index contributed by atoms with van der Waals surface area (Å²) >= 11 is 0. The van der Waals surface area contributed by atoms with Gasteiger partial charge in [0.15, 0.2) is 0 Å². The zero-order valence-corrected chi connectivity index (χ0v) is 13.5. The molecule has 0 fully saturated rings. The van der Waals surface area contributed by atoms with Crippen LogP contribution in [0.4, 0.5) is 4.39 Å². The van der Waals surface area contributed by atoms with Gasteiger partial charge in [-0.3, -0.25) is 4.79 Å². The Hall–Kier alpha value is -1.92. The Morgan fingerprint density at radius 2 is 2.22 bits per heavy atom. The molecule has 1 amide bonds. The van der Waals surface area contributed by atoms with Crippen LogP contribution in [0.25, 0.3) is 10.9 Å².